The van der Waals surface area contributed by atoms with E-state index < -0.39 is 19.1 Å². The van der Waals surface area contributed by atoms with E-state index in [0.29, 0.717) is 10.8 Å². The lowest BCUT2D eigenvalue weighted by Crippen LogP contribution is -2.22. The molecule has 134 valence electrons. The number of halogens is 2. The van der Waals surface area contributed by atoms with Gasteiger partial charge in [0.2, 0.25) is 0 Å². The maximum absolute atomic E-state index is 12.4. The number of carbonyl (C=O) groups is 1. The van der Waals surface area contributed by atoms with Crippen LogP contribution in [0.2, 0.25) is 5.02 Å². The van der Waals surface area contributed by atoms with Crippen molar-refractivity contribution in [1.82, 2.24) is 0 Å². The number of nitrogens with zero attached hydrogens (tertiary/aromatic N) is 1. The maximum atomic E-state index is 12.4. The van der Waals surface area contributed by atoms with Crippen molar-refractivity contribution < 1.29 is 28.0 Å². The van der Waals surface area contributed by atoms with Crippen LogP contribution in [0.3, 0.4) is 0 Å². The van der Waals surface area contributed by atoms with E-state index in [2.05, 4.69) is 9.99 Å². The summed E-state index contributed by atoms with van der Waals surface area (Å²) in [5.41, 5.74) is -1.55. The van der Waals surface area contributed by atoms with E-state index in [4.69, 9.17) is 37.0 Å². The number of hydrogen-bond acceptors (Lipinski definition) is 7. The van der Waals surface area contributed by atoms with Crippen LogP contribution in [-0.4, -0.2) is 30.2 Å². The first-order valence-corrected chi connectivity index (χ1v) is 9.39. The summed E-state index contributed by atoms with van der Waals surface area (Å²) in [5.74, 6) is -0.656. The van der Waals surface area contributed by atoms with Gasteiger partial charge in [-0.2, -0.15) is 0 Å². The van der Waals surface area contributed by atoms with Gasteiger partial charge in [-0.3, -0.25) is 4.57 Å². The largest absolute Gasteiger partial charge is 0.463 e. The van der Waals surface area contributed by atoms with Gasteiger partial charge in [0, 0.05) is 5.02 Å². The summed E-state index contributed by atoms with van der Waals surface area (Å²) in [4.78, 5) is 16.4. The van der Waals surface area contributed by atoms with Crippen LogP contribution < -0.4 is 4.74 Å². The van der Waals surface area contributed by atoms with Gasteiger partial charge in [0.1, 0.15) is 5.75 Å². The first-order valence-electron chi connectivity index (χ1n) is 7.03. The van der Waals surface area contributed by atoms with Gasteiger partial charge in [0.05, 0.1) is 13.2 Å². The van der Waals surface area contributed by atoms with Crippen molar-refractivity contribution in [3.63, 3.8) is 0 Å². The van der Waals surface area contributed by atoms with Crippen LogP contribution in [0.15, 0.2) is 29.4 Å². The fourth-order valence-corrected chi connectivity index (χ4v) is 2.98. The molecule has 0 bridgehead atoms. The smallest absolute Gasteiger partial charge is 0.390 e. The molecule has 24 heavy (non-hydrogen) atoms. The van der Waals surface area contributed by atoms with Crippen LogP contribution in [-0.2, 0) is 23.2 Å². The van der Waals surface area contributed by atoms with E-state index in [1.165, 1.54) is 19.1 Å². The van der Waals surface area contributed by atoms with E-state index in [-0.39, 0.29) is 18.7 Å². The van der Waals surface area contributed by atoms with Crippen LogP contribution in [0.5, 0.6) is 5.75 Å². The van der Waals surface area contributed by atoms with Crippen LogP contribution in [0.4, 0.5) is 0 Å². The predicted octanol–water partition coefficient (Wildman–Crippen LogP) is 4.43. The number of carbonyl (C=O) groups excluding carboxylic acids is 1. The van der Waals surface area contributed by atoms with Gasteiger partial charge in [-0.05, 0) is 45.0 Å². The third-order valence-electron chi connectivity index (χ3n) is 2.50. The SMILES string of the molecule is CCOP(=O)(OCC)C(C)=NOC(=O)C(Cl)Oc1ccc(Cl)cc1. The summed E-state index contributed by atoms with van der Waals surface area (Å²) in [6, 6.07) is 6.24. The topological polar surface area (TPSA) is 83.4 Å². The zero-order chi connectivity index (χ0) is 18.2. The molecule has 0 saturated heterocycles. The summed E-state index contributed by atoms with van der Waals surface area (Å²) in [5, 5.41) is 3.99. The Morgan fingerprint density at radius 2 is 1.75 bits per heavy atom. The Hall–Kier alpha value is -1.11. The Bertz CT molecular complexity index is 612. The Kier molecular flexibility index (Phi) is 8.73. The quantitative estimate of drug-likeness (QED) is 0.201. The molecule has 0 radical (unpaired) electrons. The van der Waals surface area contributed by atoms with E-state index in [9.17, 15) is 9.36 Å². The molecule has 1 unspecified atom stereocenters. The van der Waals surface area contributed by atoms with Crippen molar-refractivity contribution >= 4 is 42.2 Å². The molecule has 0 amide bonds. The number of oxime groups is 1. The standard InChI is InChI=1S/C14H18Cl2NO6P/c1-4-20-24(19,21-5-2)10(3)17-23-14(18)13(16)22-12-8-6-11(15)7-9-12/h6-9,13H,4-5H2,1-3H3. The molecule has 7 nitrogen and oxygen atoms in total. The minimum Gasteiger partial charge on any atom is -0.463 e. The van der Waals surface area contributed by atoms with Crippen molar-refractivity contribution in [1.29, 1.82) is 0 Å². The van der Waals surface area contributed by atoms with Crippen LogP contribution in [0, 0.1) is 0 Å². The normalized spacial score (nSPS) is 13.5. The number of alkyl halides is 1. The minimum atomic E-state index is -3.59. The number of hydrogen-bond donors (Lipinski definition) is 0. The first kappa shape index (κ1) is 20.9. The first-order chi connectivity index (χ1) is 11.3. The molecular weight excluding hydrogens is 380 g/mol. The molecule has 10 heteroatoms. The van der Waals surface area contributed by atoms with Gasteiger partial charge in [0.15, 0.2) is 5.45 Å². The van der Waals surface area contributed by atoms with E-state index >= 15 is 0 Å². The van der Waals surface area contributed by atoms with Gasteiger partial charge in [-0.15, -0.1) is 0 Å². The number of rotatable bonds is 9. The Balaban J connectivity index is 2.68. The second-order valence-electron chi connectivity index (χ2n) is 4.27. The molecule has 0 N–H and O–H groups in total. The number of benzene rings is 1. The predicted molar refractivity (Wildman–Crippen MR) is 91.8 cm³/mol. The monoisotopic (exact) mass is 397 g/mol. The van der Waals surface area contributed by atoms with Crippen molar-refractivity contribution in [2.45, 2.75) is 26.3 Å². The van der Waals surface area contributed by atoms with E-state index in [1.54, 1.807) is 26.0 Å². The van der Waals surface area contributed by atoms with Crippen molar-refractivity contribution in [3.8, 4) is 5.75 Å². The van der Waals surface area contributed by atoms with Gasteiger partial charge in [-0.25, -0.2) is 4.79 Å². The highest BCUT2D eigenvalue weighted by atomic mass is 35.5. The summed E-state index contributed by atoms with van der Waals surface area (Å²) < 4.78 is 27.7. The van der Waals surface area contributed by atoms with Crippen molar-refractivity contribution in [2.24, 2.45) is 5.16 Å². The Morgan fingerprint density at radius 1 is 1.21 bits per heavy atom. The molecule has 1 atom stereocenters. The highest BCUT2D eigenvalue weighted by Crippen LogP contribution is 2.49. The summed E-state index contributed by atoms with van der Waals surface area (Å²) in [6.07, 6.45) is 0. The zero-order valence-corrected chi connectivity index (χ0v) is 15.8. The third-order valence-corrected chi connectivity index (χ3v) is 5.09. The highest BCUT2D eigenvalue weighted by Gasteiger charge is 2.30. The molecule has 0 aliphatic heterocycles. The molecule has 1 aromatic carbocycles. The van der Waals surface area contributed by atoms with Crippen molar-refractivity contribution in [3.05, 3.63) is 29.3 Å². The summed E-state index contributed by atoms with van der Waals surface area (Å²) >= 11 is 11.5. The Labute approximate surface area is 150 Å². The molecule has 0 fully saturated rings. The van der Waals surface area contributed by atoms with Gasteiger partial charge < -0.3 is 18.6 Å². The van der Waals surface area contributed by atoms with Crippen molar-refractivity contribution in [2.75, 3.05) is 13.2 Å². The molecule has 1 rings (SSSR count). The molecule has 0 heterocycles. The molecule has 0 spiro atoms. The molecular formula is C14H18Cl2NO6P. The third kappa shape index (κ3) is 6.42. The lowest BCUT2D eigenvalue weighted by molar-refractivity contribution is -0.148. The fourth-order valence-electron chi connectivity index (χ4n) is 1.45. The lowest BCUT2D eigenvalue weighted by atomic mass is 10.3. The fraction of sp³-hybridized carbons (Fsp3) is 0.429. The average molecular weight is 398 g/mol. The van der Waals surface area contributed by atoms with E-state index in [0.717, 1.165) is 0 Å². The van der Waals surface area contributed by atoms with Gasteiger partial charge in [-0.1, -0.05) is 28.4 Å². The molecule has 0 saturated carbocycles. The zero-order valence-electron chi connectivity index (χ0n) is 13.4. The number of ether oxygens (including phenoxy) is 1. The van der Waals surface area contributed by atoms with E-state index in [1.807, 2.05) is 0 Å². The second-order valence-corrected chi connectivity index (χ2v) is 7.26. The van der Waals surface area contributed by atoms with Crippen LogP contribution >= 0.6 is 30.8 Å². The lowest BCUT2D eigenvalue weighted by Gasteiger charge is -2.16. The van der Waals surface area contributed by atoms with Crippen LogP contribution in [0.25, 0.3) is 0 Å². The van der Waals surface area contributed by atoms with Gasteiger partial charge in [0.25, 0.3) is 5.56 Å². The molecule has 1 aromatic rings. The molecule has 0 aliphatic rings. The second kappa shape index (κ2) is 10.0. The van der Waals surface area contributed by atoms with Gasteiger partial charge >= 0.3 is 13.6 Å². The minimum absolute atomic E-state index is 0.102. The average Bonchev–Trinajstić information content (AvgIpc) is 2.54. The molecule has 0 aromatic heterocycles. The summed E-state index contributed by atoms with van der Waals surface area (Å²) in [7, 11) is -3.59. The Morgan fingerprint density at radius 3 is 2.25 bits per heavy atom. The molecule has 0 aliphatic carbocycles. The maximum Gasteiger partial charge on any atom is 0.390 e. The van der Waals surface area contributed by atoms with Crippen LogP contribution in [0.1, 0.15) is 20.8 Å². The summed E-state index contributed by atoms with van der Waals surface area (Å²) in [6.45, 7) is 4.97. The highest BCUT2D eigenvalue weighted by molar-refractivity contribution is 7.72.